The number of halogens is 3. The fourth-order valence-corrected chi connectivity index (χ4v) is 1.73. The zero-order valence-electron chi connectivity index (χ0n) is 8.45. The van der Waals surface area contributed by atoms with Gasteiger partial charge in [-0.05, 0) is 40.2 Å². The molecule has 0 N–H and O–H groups in total. The summed E-state index contributed by atoms with van der Waals surface area (Å²) in [4.78, 5) is 15.7. The minimum Gasteiger partial charge on any atom is -0.288 e. The summed E-state index contributed by atoms with van der Waals surface area (Å²) in [6.45, 7) is 0. The van der Waals surface area contributed by atoms with Crippen molar-refractivity contribution in [2.75, 3.05) is 0 Å². The third kappa shape index (κ3) is 2.55. The van der Waals surface area contributed by atoms with Gasteiger partial charge in [0.1, 0.15) is 11.6 Å². The zero-order chi connectivity index (χ0) is 12.4. The third-order valence-corrected chi connectivity index (χ3v) is 2.57. The molecule has 0 atom stereocenters. The van der Waals surface area contributed by atoms with Crippen LogP contribution in [-0.4, -0.2) is 10.8 Å². The average molecular weight is 298 g/mol. The molecule has 0 aliphatic rings. The van der Waals surface area contributed by atoms with Crippen LogP contribution in [0, 0.1) is 11.6 Å². The van der Waals surface area contributed by atoms with Crippen LogP contribution in [0.5, 0.6) is 0 Å². The molecule has 0 saturated carbocycles. The van der Waals surface area contributed by atoms with Crippen LogP contribution in [0.1, 0.15) is 15.9 Å². The monoisotopic (exact) mass is 297 g/mol. The molecule has 86 valence electrons. The summed E-state index contributed by atoms with van der Waals surface area (Å²) in [7, 11) is 0. The number of aromatic nitrogens is 1. The number of carbonyl (C=O) groups excluding carboxylic acids is 1. The number of rotatable bonds is 2. The molecule has 0 aliphatic heterocycles. The second-order valence-electron chi connectivity index (χ2n) is 3.35. The molecule has 1 heterocycles. The number of pyridine rings is 1. The van der Waals surface area contributed by atoms with Gasteiger partial charge in [-0.3, -0.25) is 9.78 Å². The largest absolute Gasteiger partial charge is 0.288 e. The van der Waals surface area contributed by atoms with E-state index in [0.29, 0.717) is 4.47 Å². The number of hydrogen-bond acceptors (Lipinski definition) is 2. The maximum Gasteiger partial charge on any atom is 0.197 e. The zero-order valence-corrected chi connectivity index (χ0v) is 10.0. The van der Waals surface area contributed by atoms with Gasteiger partial charge < -0.3 is 0 Å². The van der Waals surface area contributed by atoms with Gasteiger partial charge in [-0.1, -0.05) is 0 Å². The Balaban J connectivity index is 2.47. The summed E-state index contributed by atoms with van der Waals surface area (Å²) in [5.41, 5.74) is -0.103. The minimum absolute atomic E-state index is 0.198. The lowest BCUT2D eigenvalue weighted by Crippen LogP contribution is -2.05. The van der Waals surface area contributed by atoms with Crippen molar-refractivity contribution in [2.24, 2.45) is 0 Å². The lowest BCUT2D eigenvalue weighted by Gasteiger charge is -2.03. The van der Waals surface area contributed by atoms with E-state index in [9.17, 15) is 13.6 Å². The first kappa shape index (κ1) is 11.9. The Bertz CT molecular complexity index is 586. The SMILES string of the molecule is O=C(c1cncc(Br)c1)c1cc(F)ccc1F. The summed E-state index contributed by atoms with van der Waals surface area (Å²) in [5.74, 6) is -2.01. The van der Waals surface area contributed by atoms with E-state index < -0.39 is 17.4 Å². The van der Waals surface area contributed by atoms with Crippen LogP contribution in [0.15, 0.2) is 41.1 Å². The smallest absolute Gasteiger partial charge is 0.197 e. The molecular formula is C12H6BrF2NO. The van der Waals surface area contributed by atoms with Crippen molar-refractivity contribution >= 4 is 21.7 Å². The molecule has 17 heavy (non-hydrogen) atoms. The number of carbonyl (C=O) groups is 1. The summed E-state index contributed by atoms with van der Waals surface area (Å²) in [6, 6.07) is 4.26. The van der Waals surface area contributed by atoms with Crippen molar-refractivity contribution < 1.29 is 13.6 Å². The Morgan fingerprint density at radius 2 is 1.94 bits per heavy atom. The van der Waals surface area contributed by atoms with E-state index in [-0.39, 0.29) is 11.1 Å². The second-order valence-corrected chi connectivity index (χ2v) is 4.26. The van der Waals surface area contributed by atoms with Crippen molar-refractivity contribution in [3.63, 3.8) is 0 Å². The molecule has 0 aliphatic carbocycles. The molecule has 1 aromatic carbocycles. The minimum atomic E-state index is -0.753. The quantitative estimate of drug-likeness (QED) is 0.796. The van der Waals surface area contributed by atoms with Gasteiger partial charge in [0.15, 0.2) is 5.78 Å². The van der Waals surface area contributed by atoms with Crippen molar-refractivity contribution in [3.05, 3.63) is 63.9 Å². The van der Waals surface area contributed by atoms with Crippen molar-refractivity contribution in [2.45, 2.75) is 0 Å². The maximum absolute atomic E-state index is 13.4. The Kier molecular flexibility index (Phi) is 3.28. The topological polar surface area (TPSA) is 30.0 Å². The van der Waals surface area contributed by atoms with E-state index in [1.165, 1.54) is 18.5 Å². The highest BCUT2D eigenvalue weighted by Crippen LogP contribution is 2.17. The highest BCUT2D eigenvalue weighted by Gasteiger charge is 2.15. The molecule has 2 rings (SSSR count). The second kappa shape index (κ2) is 4.71. The number of nitrogens with zero attached hydrogens (tertiary/aromatic N) is 1. The molecule has 0 unspecified atom stereocenters. The molecule has 1 aromatic heterocycles. The van der Waals surface area contributed by atoms with Gasteiger partial charge in [0.25, 0.3) is 0 Å². The third-order valence-electron chi connectivity index (χ3n) is 2.14. The molecular weight excluding hydrogens is 292 g/mol. The number of ketones is 1. The van der Waals surface area contributed by atoms with Gasteiger partial charge in [0, 0.05) is 22.4 Å². The summed E-state index contributed by atoms with van der Waals surface area (Å²) >= 11 is 3.15. The molecule has 0 saturated heterocycles. The number of hydrogen-bond donors (Lipinski definition) is 0. The van der Waals surface area contributed by atoms with E-state index in [4.69, 9.17) is 0 Å². The molecule has 2 nitrogen and oxygen atoms in total. The highest BCUT2D eigenvalue weighted by molar-refractivity contribution is 9.10. The Labute approximate surface area is 104 Å². The van der Waals surface area contributed by atoms with Crippen LogP contribution in [0.25, 0.3) is 0 Å². The standard InChI is InChI=1S/C12H6BrF2NO/c13-8-3-7(5-16-6-8)12(17)10-4-9(14)1-2-11(10)15/h1-6H. The predicted molar refractivity (Wildman–Crippen MR) is 61.7 cm³/mol. The van der Waals surface area contributed by atoms with Gasteiger partial charge in [-0.15, -0.1) is 0 Å². The van der Waals surface area contributed by atoms with Crippen LogP contribution >= 0.6 is 15.9 Å². The van der Waals surface area contributed by atoms with Gasteiger partial charge in [0.2, 0.25) is 0 Å². The van der Waals surface area contributed by atoms with E-state index in [2.05, 4.69) is 20.9 Å². The normalized spacial score (nSPS) is 10.3. The van der Waals surface area contributed by atoms with Crippen LogP contribution in [0.4, 0.5) is 8.78 Å². The molecule has 0 fully saturated rings. The first-order valence-corrected chi connectivity index (χ1v) is 5.47. The lowest BCUT2D eigenvalue weighted by atomic mass is 10.0. The fourth-order valence-electron chi connectivity index (χ4n) is 1.36. The fraction of sp³-hybridized carbons (Fsp3) is 0. The number of benzene rings is 1. The first-order chi connectivity index (χ1) is 8.08. The van der Waals surface area contributed by atoms with E-state index in [0.717, 1.165) is 18.2 Å². The summed E-state index contributed by atoms with van der Waals surface area (Å²) in [6.07, 6.45) is 2.80. The summed E-state index contributed by atoms with van der Waals surface area (Å²) < 4.78 is 26.9. The van der Waals surface area contributed by atoms with E-state index in [1.807, 2.05) is 0 Å². The Morgan fingerprint density at radius 1 is 1.18 bits per heavy atom. The highest BCUT2D eigenvalue weighted by atomic mass is 79.9. The molecule has 0 spiro atoms. The van der Waals surface area contributed by atoms with Gasteiger partial charge in [-0.2, -0.15) is 0 Å². The van der Waals surface area contributed by atoms with Crippen LogP contribution in [-0.2, 0) is 0 Å². The van der Waals surface area contributed by atoms with Crippen molar-refractivity contribution in [1.29, 1.82) is 0 Å². The average Bonchev–Trinajstić information content (AvgIpc) is 2.31. The van der Waals surface area contributed by atoms with Crippen LogP contribution in [0.3, 0.4) is 0 Å². The maximum atomic E-state index is 13.4. The molecule has 0 amide bonds. The van der Waals surface area contributed by atoms with Crippen molar-refractivity contribution in [1.82, 2.24) is 4.98 Å². The first-order valence-electron chi connectivity index (χ1n) is 4.68. The Hall–Kier alpha value is -1.62. The predicted octanol–water partition coefficient (Wildman–Crippen LogP) is 3.35. The molecule has 0 radical (unpaired) electrons. The van der Waals surface area contributed by atoms with E-state index in [1.54, 1.807) is 0 Å². The summed E-state index contributed by atoms with van der Waals surface area (Å²) in [5, 5.41) is 0. The van der Waals surface area contributed by atoms with Gasteiger partial charge in [-0.25, -0.2) is 8.78 Å². The molecule has 5 heteroatoms. The lowest BCUT2D eigenvalue weighted by molar-refractivity contribution is 0.103. The van der Waals surface area contributed by atoms with Gasteiger partial charge in [0.05, 0.1) is 5.56 Å². The van der Waals surface area contributed by atoms with Gasteiger partial charge >= 0.3 is 0 Å². The van der Waals surface area contributed by atoms with Crippen molar-refractivity contribution in [3.8, 4) is 0 Å². The molecule has 2 aromatic rings. The van der Waals surface area contributed by atoms with Crippen LogP contribution in [0.2, 0.25) is 0 Å². The van der Waals surface area contributed by atoms with Crippen LogP contribution < -0.4 is 0 Å². The Morgan fingerprint density at radius 3 is 2.65 bits per heavy atom. The van der Waals surface area contributed by atoms with E-state index >= 15 is 0 Å². The molecule has 0 bridgehead atoms.